The summed E-state index contributed by atoms with van der Waals surface area (Å²) < 4.78 is 0.178. The smallest absolute Gasteiger partial charge is 0.326 e. The van der Waals surface area contributed by atoms with Crippen molar-refractivity contribution in [3.8, 4) is 0 Å². The van der Waals surface area contributed by atoms with E-state index in [1.54, 1.807) is 32.5 Å². The molecule has 1 aliphatic rings. The van der Waals surface area contributed by atoms with Gasteiger partial charge in [0.2, 0.25) is 0 Å². The molecule has 1 fully saturated rings. The van der Waals surface area contributed by atoms with E-state index in [1.165, 1.54) is 0 Å². The highest BCUT2D eigenvalue weighted by atomic mass is 32.2. The van der Waals surface area contributed by atoms with Crippen LogP contribution in [0, 0.1) is 5.41 Å². The Kier molecular flexibility index (Phi) is 4.53. The van der Waals surface area contributed by atoms with Crippen LogP contribution in [0.1, 0.15) is 33.6 Å². The van der Waals surface area contributed by atoms with Crippen molar-refractivity contribution in [3.05, 3.63) is 0 Å². The largest absolute Gasteiger partial charge is 0.480 e. The van der Waals surface area contributed by atoms with Gasteiger partial charge in [-0.1, -0.05) is 20.8 Å². The molecule has 0 aliphatic heterocycles. The first-order valence-corrected chi connectivity index (χ1v) is 7.25. The fourth-order valence-corrected chi connectivity index (χ4v) is 2.39. The van der Waals surface area contributed by atoms with Gasteiger partial charge in [-0.3, -0.25) is 0 Å². The molecule has 2 amide bonds. The SMILES string of the molecule is CSC1(CNC(=O)N[C@@H](C(=O)O)C(C)(C)C)CC1. The van der Waals surface area contributed by atoms with Gasteiger partial charge >= 0.3 is 12.0 Å². The van der Waals surface area contributed by atoms with Gasteiger partial charge in [-0.05, 0) is 24.5 Å². The van der Waals surface area contributed by atoms with Gasteiger partial charge in [-0.15, -0.1) is 0 Å². The molecule has 0 heterocycles. The molecule has 0 unspecified atom stereocenters. The van der Waals surface area contributed by atoms with Crippen molar-refractivity contribution in [1.29, 1.82) is 0 Å². The number of nitrogens with one attached hydrogen (secondary N) is 2. The Morgan fingerprint density at radius 3 is 2.28 bits per heavy atom. The van der Waals surface area contributed by atoms with Crippen molar-refractivity contribution in [1.82, 2.24) is 10.6 Å². The molecule has 5 nitrogen and oxygen atoms in total. The van der Waals surface area contributed by atoms with Gasteiger partial charge in [0.05, 0.1) is 0 Å². The standard InChI is InChI=1S/C12H22N2O3S/c1-11(2,3)8(9(15)16)14-10(17)13-7-12(18-4)5-6-12/h8H,5-7H2,1-4H3,(H,15,16)(H2,13,14,17)/t8-/m0/s1. The molecule has 3 N–H and O–H groups in total. The number of carboxylic acid groups (broad SMARTS) is 1. The summed E-state index contributed by atoms with van der Waals surface area (Å²) >= 11 is 1.75. The summed E-state index contributed by atoms with van der Waals surface area (Å²) in [4.78, 5) is 22.8. The number of hydrogen-bond acceptors (Lipinski definition) is 3. The molecular formula is C12H22N2O3S. The number of carbonyl (C=O) groups is 2. The number of urea groups is 1. The maximum Gasteiger partial charge on any atom is 0.326 e. The van der Waals surface area contributed by atoms with E-state index in [0.717, 1.165) is 12.8 Å². The van der Waals surface area contributed by atoms with E-state index in [-0.39, 0.29) is 4.75 Å². The molecule has 18 heavy (non-hydrogen) atoms. The van der Waals surface area contributed by atoms with E-state index in [1.807, 2.05) is 6.26 Å². The minimum Gasteiger partial charge on any atom is -0.480 e. The molecule has 1 rings (SSSR count). The molecule has 0 radical (unpaired) electrons. The average Bonchev–Trinajstić information content (AvgIpc) is 3.02. The van der Waals surface area contributed by atoms with Gasteiger partial charge in [-0.2, -0.15) is 11.8 Å². The molecule has 0 aromatic carbocycles. The van der Waals surface area contributed by atoms with Crippen LogP contribution in [-0.4, -0.2) is 40.7 Å². The van der Waals surface area contributed by atoms with Crippen LogP contribution in [0.3, 0.4) is 0 Å². The lowest BCUT2D eigenvalue weighted by molar-refractivity contribution is -0.141. The zero-order valence-corrected chi connectivity index (χ0v) is 12.2. The third kappa shape index (κ3) is 4.08. The van der Waals surface area contributed by atoms with Gasteiger partial charge in [0.25, 0.3) is 0 Å². The number of carboxylic acids is 1. The third-order valence-corrected chi connectivity index (χ3v) is 4.62. The van der Waals surface area contributed by atoms with Crippen molar-refractivity contribution < 1.29 is 14.7 Å². The van der Waals surface area contributed by atoms with Crippen LogP contribution in [0.15, 0.2) is 0 Å². The minimum atomic E-state index is -1.01. The summed E-state index contributed by atoms with van der Waals surface area (Å²) in [5.74, 6) is -1.01. The monoisotopic (exact) mass is 274 g/mol. The Labute approximate surface area is 112 Å². The molecule has 6 heteroatoms. The van der Waals surface area contributed by atoms with E-state index >= 15 is 0 Å². The molecule has 1 saturated carbocycles. The zero-order chi connectivity index (χ0) is 14.0. The van der Waals surface area contributed by atoms with Crippen molar-refractivity contribution >= 4 is 23.8 Å². The highest BCUT2D eigenvalue weighted by Crippen LogP contribution is 2.46. The Morgan fingerprint density at radius 2 is 1.94 bits per heavy atom. The van der Waals surface area contributed by atoms with Gasteiger partial charge in [0.15, 0.2) is 0 Å². The summed E-state index contributed by atoms with van der Waals surface area (Å²) in [5, 5.41) is 14.4. The summed E-state index contributed by atoms with van der Waals surface area (Å²) in [6.07, 6.45) is 4.24. The number of thioether (sulfide) groups is 1. The predicted octanol–water partition coefficient (Wildman–Crippen LogP) is 1.68. The molecular weight excluding hydrogens is 252 g/mol. The van der Waals surface area contributed by atoms with Gasteiger partial charge in [0.1, 0.15) is 6.04 Å². The van der Waals surface area contributed by atoms with Crippen LogP contribution in [-0.2, 0) is 4.79 Å². The van der Waals surface area contributed by atoms with Crippen molar-refractivity contribution in [2.75, 3.05) is 12.8 Å². The molecule has 0 aromatic rings. The van der Waals surface area contributed by atoms with Crippen LogP contribution in [0.25, 0.3) is 0 Å². The first-order chi connectivity index (χ1) is 8.20. The van der Waals surface area contributed by atoms with E-state index < -0.39 is 23.5 Å². The van der Waals surface area contributed by atoms with Gasteiger partial charge in [-0.25, -0.2) is 9.59 Å². The Bertz CT molecular complexity index is 335. The second-order valence-corrected chi connectivity index (χ2v) is 7.13. The van der Waals surface area contributed by atoms with Gasteiger partial charge in [0, 0.05) is 11.3 Å². The van der Waals surface area contributed by atoms with Crippen molar-refractivity contribution in [2.24, 2.45) is 5.41 Å². The second kappa shape index (κ2) is 5.38. The number of rotatable bonds is 5. The first-order valence-electron chi connectivity index (χ1n) is 6.02. The molecule has 0 spiro atoms. The van der Waals surface area contributed by atoms with Crippen molar-refractivity contribution in [2.45, 2.75) is 44.4 Å². The predicted molar refractivity (Wildman–Crippen MR) is 72.9 cm³/mol. The maximum atomic E-state index is 11.7. The van der Waals surface area contributed by atoms with E-state index in [0.29, 0.717) is 6.54 Å². The number of amides is 2. The minimum absolute atomic E-state index is 0.178. The Balaban J connectivity index is 2.45. The Morgan fingerprint density at radius 1 is 1.39 bits per heavy atom. The number of carbonyl (C=O) groups excluding carboxylic acids is 1. The summed E-state index contributed by atoms with van der Waals surface area (Å²) in [6, 6.07) is -1.29. The zero-order valence-electron chi connectivity index (χ0n) is 11.4. The summed E-state index contributed by atoms with van der Waals surface area (Å²) in [5.41, 5.74) is -0.514. The fraction of sp³-hybridized carbons (Fsp3) is 0.833. The Hall–Kier alpha value is -0.910. The van der Waals surface area contributed by atoms with Crippen LogP contribution >= 0.6 is 11.8 Å². The van der Waals surface area contributed by atoms with Crippen molar-refractivity contribution in [3.63, 3.8) is 0 Å². The van der Waals surface area contributed by atoms with Gasteiger partial charge < -0.3 is 15.7 Å². The quantitative estimate of drug-likeness (QED) is 0.713. The molecule has 1 aliphatic carbocycles. The maximum absolute atomic E-state index is 11.7. The molecule has 1 atom stereocenters. The fourth-order valence-electron chi connectivity index (χ4n) is 1.66. The topological polar surface area (TPSA) is 78.4 Å². The lowest BCUT2D eigenvalue weighted by Gasteiger charge is -2.28. The number of hydrogen-bond donors (Lipinski definition) is 3. The summed E-state index contributed by atoms with van der Waals surface area (Å²) in [7, 11) is 0. The van der Waals surface area contributed by atoms with Crippen LogP contribution < -0.4 is 10.6 Å². The van der Waals surface area contributed by atoms with E-state index in [4.69, 9.17) is 5.11 Å². The molecule has 0 aromatic heterocycles. The third-order valence-electron chi connectivity index (χ3n) is 3.20. The second-order valence-electron chi connectivity index (χ2n) is 5.85. The molecule has 0 saturated heterocycles. The van der Waals surface area contributed by atoms with Crippen LogP contribution in [0.4, 0.5) is 4.79 Å². The first kappa shape index (κ1) is 15.1. The lowest BCUT2D eigenvalue weighted by atomic mass is 9.87. The highest BCUT2D eigenvalue weighted by Gasteiger charge is 2.42. The molecule has 0 bridgehead atoms. The summed E-state index contributed by atoms with van der Waals surface area (Å²) in [6.45, 7) is 5.96. The highest BCUT2D eigenvalue weighted by molar-refractivity contribution is 8.00. The lowest BCUT2D eigenvalue weighted by Crippen LogP contribution is -2.53. The van der Waals surface area contributed by atoms with E-state index in [9.17, 15) is 9.59 Å². The average molecular weight is 274 g/mol. The van der Waals surface area contributed by atoms with E-state index in [2.05, 4.69) is 10.6 Å². The molecule has 104 valence electrons. The number of aliphatic carboxylic acids is 1. The van der Waals surface area contributed by atoms with Crippen LogP contribution in [0.2, 0.25) is 0 Å². The normalized spacial score (nSPS) is 18.9. The van der Waals surface area contributed by atoms with Crippen LogP contribution in [0.5, 0.6) is 0 Å².